The number of azide groups is 1. The topological polar surface area (TPSA) is 228 Å². The Morgan fingerprint density at radius 1 is 0.571 bits per heavy atom. The van der Waals surface area contributed by atoms with E-state index in [-0.39, 0.29) is 66.4 Å². The first kappa shape index (κ1) is 45.2. The summed E-state index contributed by atoms with van der Waals surface area (Å²) in [6.07, 6.45) is -10.9. The van der Waals surface area contributed by atoms with E-state index in [2.05, 4.69) is 66.8 Å². The molecule has 49 heavy (non-hydrogen) atoms. The lowest BCUT2D eigenvalue weighted by molar-refractivity contribution is -0.310. The molecule has 3 saturated heterocycles. The van der Waals surface area contributed by atoms with Crippen molar-refractivity contribution in [3.05, 3.63) is 10.4 Å². The molecule has 0 aromatic rings. The van der Waals surface area contributed by atoms with E-state index in [4.69, 9.17) is 61.1 Å². The lowest BCUT2D eigenvalue weighted by atomic mass is 9.99. The van der Waals surface area contributed by atoms with E-state index in [9.17, 15) is 18.3 Å². The van der Waals surface area contributed by atoms with Gasteiger partial charge in [-0.15, -0.1) is 0 Å². The van der Waals surface area contributed by atoms with E-state index < -0.39 is 90.8 Å². The number of nitrogens with zero attached hydrogens (tertiary/aromatic N) is 3. The number of ether oxygens (including phenoxy) is 6. The first-order chi connectivity index (χ1) is 23.9. The molecule has 3 aliphatic heterocycles. The summed E-state index contributed by atoms with van der Waals surface area (Å²) in [5.74, 6) is 0. The first-order valence-corrected chi connectivity index (χ1v) is 20.5. The Hall–Kier alpha value is 1.81. The second-order valence-corrected chi connectivity index (χ2v) is 15.0. The van der Waals surface area contributed by atoms with Gasteiger partial charge in [0.25, 0.3) is 0 Å². The summed E-state index contributed by atoms with van der Waals surface area (Å²) in [5.41, 5.74) is 6.15. The van der Waals surface area contributed by atoms with Crippen LogP contribution in [0.4, 0.5) is 0 Å². The molecule has 29 heteroatoms. The van der Waals surface area contributed by atoms with Crippen molar-refractivity contribution in [2.45, 2.75) is 90.8 Å². The summed E-state index contributed by atoms with van der Waals surface area (Å²) in [5, 5.41) is 3.46. The summed E-state index contributed by atoms with van der Waals surface area (Å²) in [4.78, 5) is 2.71. The third-order valence-electron chi connectivity index (χ3n) is 7.80. The Labute approximate surface area is 302 Å². The largest absolute Gasteiger partial charge is 0.358 e. The minimum absolute atomic E-state index is 0.0268. The molecule has 0 bridgehead atoms. The number of rotatable bonds is 21. The van der Waals surface area contributed by atoms with Crippen LogP contribution in [0.5, 0.6) is 0 Å². The van der Waals surface area contributed by atoms with Crippen LogP contribution in [0.15, 0.2) is 5.11 Å². The van der Waals surface area contributed by atoms with E-state index in [1.165, 1.54) is 0 Å². The monoisotopic (exact) mass is 885 g/mol. The van der Waals surface area contributed by atoms with Crippen LogP contribution in [-0.4, -0.2) is 123 Å². The molecule has 0 aromatic carbocycles. The van der Waals surface area contributed by atoms with E-state index in [0.29, 0.717) is 0 Å². The molecule has 0 aromatic heterocycles. The number of hydrogen-bond donors (Lipinski definition) is 0. The molecule has 3 aliphatic rings. The Morgan fingerprint density at radius 3 is 1.59 bits per heavy atom. The summed E-state index contributed by atoms with van der Waals surface area (Å²) in [6, 6.07) is 0. The Kier molecular flexibility index (Phi) is 22.5. The SMILES string of the molecule is [N-]=[N+]=NCCO[C@@H]1OC(CO[C@@H]2OC(CO[C@@H]3O[C@H](CP=O)[C@@H](P=O)[C@H](P=O)[C@H]3OP)[C@@H](P=O)[C@H](OP)[C@H]2OP)[C@@H](OP)[C@H](OP)[C@H]1OP. The molecule has 0 radical (unpaired) electrons. The van der Waals surface area contributed by atoms with Crippen molar-refractivity contribution in [3.63, 3.8) is 0 Å². The Bertz CT molecular complexity index is 1110. The van der Waals surface area contributed by atoms with Gasteiger partial charge in [0.15, 0.2) is 52.7 Å². The van der Waals surface area contributed by atoms with E-state index in [0.717, 1.165) is 0 Å². The number of hydrogen-bond acceptors (Lipinski definition) is 17. The average molecular weight is 885 g/mol. The van der Waals surface area contributed by atoms with Gasteiger partial charge in [0.1, 0.15) is 48.8 Å². The van der Waals surface area contributed by atoms with E-state index in [1.807, 2.05) is 0 Å². The van der Waals surface area contributed by atoms with Gasteiger partial charge in [-0.3, -0.25) is 18.3 Å². The first-order valence-electron chi connectivity index (χ1n) is 14.1. The second-order valence-electron chi connectivity index (χ2n) is 10.3. The second kappa shape index (κ2) is 24.3. The highest BCUT2D eigenvalue weighted by Crippen LogP contribution is 2.41. The van der Waals surface area contributed by atoms with Crippen LogP contribution < -0.4 is 0 Å². The predicted molar refractivity (Wildman–Crippen MR) is 192 cm³/mol. The van der Waals surface area contributed by atoms with Gasteiger partial charge in [0.2, 0.25) is 0 Å². The zero-order chi connectivity index (χ0) is 35.9. The molecule has 0 spiro atoms. The Morgan fingerprint density at radius 2 is 1.06 bits per heavy atom. The van der Waals surface area contributed by atoms with Crippen molar-refractivity contribution in [2.24, 2.45) is 5.11 Å². The molecule has 0 aliphatic carbocycles. The van der Waals surface area contributed by atoms with Crippen molar-refractivity contribution in [3.8, 4) is 0 Å². The summed E-state index contributed by atoms with van der Waals surface area (Å²) in [6.45, 7) is -0.341. The minimum atomic E-state index is -1.16. The van der Waals surface area contributed by atoms with Crippen LogP contribution in [0.1, 0.15) is 0 Å². The molecule has 19 nitrogen and oxygen atoms in total. The zero-order valence-corrected chi connectivity index (χ0v) is 35.8. The summed E-state index contributed by atoms with van der Waals surface area (Å²) < 4.78 is 118. The normalized spacial score (nSPS) is 40.1. The molecular weight excluding hydrogens is 848 g/mol. The van der Waals surface area contributed by atoms with Gasteiger partial charge in [0.05, 0.1) is 49.1 Å². The molecule has 0 saturated carbocycles. The van der Waals surface area contributed by atoms with Gasteiger partial charge < -0.3 is 55.6 Å². The summed E-state index contributed by atoms with van der Waals surface area (Å²) in [7, 11) is 11.4. The van der Waals surface area contributed by atoms with Crippen molar-refractivity contribution in [2.75, 3.05) is 32.5 Å². The molecule has 3 heterocycles. The molecule has 0 N–H and O–H groups in total. The average Bonchev–Trinajstić information content (AvgIpc) is 3.13. The zero-order valence-electron chi connectivity index (χ0n) is 25.3. The van der Waals surface area contributed by atoms with Gasteiger partial charge in [-0.2, -0.15) is 0 Å². The van der Waals surface area contributed by atoms with Crippen molar-refractivity contribution in [1.29, 1.82) is 0 Å². The maximum Gasteiger partial charge on any atom is 0.187 e. The molecule has 8 unspecified atom stereocenters. The maximum absolute atomic E-state index is 12.5. The Balaban J connectivity index is 1.80. The van der Waals surface area contributed by atoms with Gasteiger partial charge in [-0.1, -0.05) is 5.11 Å². The van der Waals surface area contributed by atoms with Crippen molar-refractivity contribution in [1.82, 2.24) is 0 Å². The lowest BCUT2D eigenvalue weighted by Crippen LogP contribution is -2.62. The molecule has 3 rings (SSSR count). The van der Waals surface area contributed by atoms with Crippen LogP contribution >= 0.6 is 90.6 Å². The molecule has 3 fully saturated rings. The summed E-state index contributed by atoms with van der Waals surface area (Å²) >= 11 is 0. The standard InChI is InChI=1S/C20H37N3O16P10/c21-23-22-1-2-28-18-12(37-43)10(35-41)9(34-40)6(31-18)3-29-19-13(38-44)11(36-42)15(47-25)7(32-19)4-30-20-14(39-45)17(49-27)16(48-26)8(33-20)5-46-24/h6-20H,1-5,40-45H2/t6?,7?,8-,9-,10+,11-,12-,13-,14-,15-,16-,17-,18-,19-,20-/m1/s1. The molecule has 21 atom stereocenters. The van der Waals surface area contributed by atoms with Gasteiger partial charge in [-0.25, -0.2) is 0 Å². The van der Waals surface area contributed by atoms with E-state index in [1.54, 1.807) is 0 Å². The lowest BCUT2D eigenvalue weighted by Gasteiger charge is -2.46. The predicted octanol–water partition coefficient (Wildman–Crippen LogP) is 3.85. The fourth-order valence-corrected chi connectivity index (χ4v) is 10.4. The minimum Gasteiger partial charge on any atom is -0.358 e. The third kappa shape index (κ3) is 11.7. The van der Waals surface area contributed by atoms with Crippen LogP contribution in [0.3, 0.4) is 0 Å². The quantitative estimate of drug-likeness (QED) is 0.0524. The van der Waals surface area contributed by atoms with Crippen LogP contribution in [0, 0.1) is 0 Å². The molecular formula is C20H37N3O16P10. The fourth-order valence-electron chi connectivity index (χ4n) is 5.50. The fraction of sp³-hybridized carbons (Fsp3) is 1.00. The van der Waals surface area contributed by atoms with Crippen molar-refractivity contribution < 1.29 is 73.8 Å². The van der Waals surface area contributed by atoms with Gasteiger partial charge >= 0.3 is 0 Å². The molecule has 0 amide bonds. The smallest absolute Gasteiger partial charge is 0.187 e. The maximum atomic E-state index is 12.5. The van der Waals surface area contributed by atoms with E-state index >= 15 is 0 Å². The highest BCUT2D eigenvalue weighted by Gasteiger charge is 2.53. The van der Waals surface area contributed by atoms with Crippen LogP contribution in [0.25, 0.3) is 10.4 Å². The van der Waals surface area contributed by atoms with Crippen LogP contribution in [0.2, 0.25) is 0 Å². The van der Waals surface area contributed by atoms with Gasteiger partial charge in [-0.05, 0) is 5.53 Å². The third-order valence-corrected chi connectivity index (χ3v) is 13.1. The van der Waals surface area contributed by atoms with Gasteiger partial charge in [0, 0.05) is 68.3 Å². The highest BCUT2D eigenvalue weighted by molar-refractivity contribution is 7.30. The van der Waals surface area contributed by atoms with Crippen LogP contribution in [-0.2, 0) is 73.8 Å². The molecule has 278 valence electrons. The highest BCUT2D eigenvalue weighted by atomic mass is 31.1. The van der Waals surface area contributed by atoms with Crippen molar-refractivity contribution >= 4 is 90.6 Å².